The van der Waals surface area contributed by atoms with Crippen molar-refractivity contribution < 1.29 is 0 Å². The van der Waals surface area contributed by atoms with Gasteiger partial charge in [-0.25, -0.2) is 0 Å². The molecule has 1 saturated carbocycles. The highest BCUT2D eigenvalue weighted by Gasteiger charge is 2.47. The van der Waals surface area contributed by atoms with Crippen LogP contribution in [0.1, 0.15) is 19.3 Å². The van der Waals surface area contributed by atoms with E-state index >= 15 is 0 Å². The number of rotatable bonds is 3. The fraction of sp³-hybridized carbons (Fsp3) is 0.818. The Balaban J connectivity index is 2.04. The minimum absolute atomic E-state index is 0.475. The minimum Gasteiger partial charge on any atom is -0.330 e. The lowest BCUT2D eigenvalue weighted by Gasteiger charge is -2.26. The summed E-state index contributed by atoms with van der Waals surface area (Å²) in [4.78, 5) is 2.50. The number of nitrogens with two attached hydrogens (primary N) is 1. The molecule has 2 nitrogen and oxygen atoms in total. The predicted molar refractivity (Wildman–Crippen MR) is 55.5 cm³/mol. The Morgan fingerprint density at radius 1 is 1.62 bits per heavy atom. The first-order valence-corrected chi connectivity index (χ1v) is 5.34. The standard InChI is InChI=1S/C11H20N2/c1-2-6-13-7-10-4-3-5-11(10,8-12)9-13/h2,10H,1,3-9,12H2. The smallest absolute Gasteiger partial charge is 0.0160 e. The maximum Gasteiger partial charge on any atom is 0.0160 e. The van der Waals surface area contributed by atoms with Gasteiger partial charge in [0, 0.05) is 19.6 Å². The highest BCUT2D eigenvalue weighted by molar-refractivity contribution is 5.01. The van der Waals surface area contributed by atoms with Gasteiger partial charge in [0.25, 0.3) is 0 Å². The molecule has 0 aromatic carbocycles. The zero-order chi connectivity index (χ0) is 9.31. The van der Waals surface area contributed by atoms with Gasteiger partial charge in [0.15, 0.2) is 0 Å². The van der Waals surface area contributed by atoms with Crippen LogP contribution in [0.25, 0.3) is 0 Å². The lowest BCUT2D eigenvalue weighted by Crippen LogP contribution is -2.35. The van der Waals surface area contributed by atoms with E-state index in [9.17, 15) is 0 Å². The molecule has 2 heteroatoms. The van der Waals surface area contributed by atoms with Gasteiger partial charge in [0.2, 0.25) is 0 Å². The number of hydrogen-bond donors (Lipinski definition) is 1. The van der Waals surface area contributed by atoms with E-state index < -0.39 is 0 Å². The van der Waals surface area contributed by atoms with Crippen LogP contribution in [0.3, 0.4) is 0 Å². The zero-order valence-electron chi connectivity index (χ0n) is 8.34. The van der Waals surface area contributed by atoms with Crippen LogP contribution in [0.4, 0.5) is 0 Å². The van der Waals surface area contributed by atoms with Crippen molar-refractivity contribution in [1.29, 1.82) is 0 Å². The summed E-state index contributed by atoms with van der Waals surface area (Å²) in [6.45, 7) is 8.18. The van der Waals surface area contributed by atoms with E-state index in [0.717, 1.165) is 19.0 Å². The van der Waals surface area contributed by atoms with Crippen molar-refractivity contribution in [1.82, 2.24) is 4.90 Å². The summed E-state index contributed by atoms with van der Waals surface area (Å²) in [6, 6.07) is 0. The third-order valence-electron chi connectivity index (χ3n) is 3.90. The molecule has 2 aliphatic rings. The molecule has 2 N–H and O–H groups in total. The van der Waals surface area contributed by atoms with Crippen molar-refractivity contribution in [3.63, 3.8) is 0 Å². The second-order valence-corrected chi connectivity index (χ2v) is 4.64. The minimum atomic E-state index is 0.475. The topological polar surface area (TPSA) is 29.3 Å². The number of nitrogens with zero attached hydrogens (tertiary/aromatic N) is 1. The van der Waals surface area contributed by atoms with Gasteiger partial charge < -0.3 is 5.73 Å². The van der Waals surface area contributed by atoms with Crippen LogP contribution in [0.2, 0.25) is 0 Å². The van der Waals surface area contributed by atoms with Crippen LogP contribution in [-0.4, -0.2) is 31.1 Å². The molecule has 0 radical (unpaired) electrons. The van der Waals surface area contributed by atoms with E-state index in [4.69, 9.17) is 5.73 Å². The molecule has 13 heavy (non-hydrogen) atoms. The van der Waals surface area contributed by atoms with Crippen LogP contribution in [0, 0.1) is 11.3 Å². The summed E-state index contributed by atoms with van der Waals surface area (Å²) < 4.78 is 0. The normalized spacial score (nSPS) is 39.3. The third-order valence-corrected chi connectivity index (χ3v) is 3.90. The average molecular weight is 180 g/mol. The van der Waals surface area contributed by atoms with E-state index in [1.807, 2.05) is 6.08 Å². The molecule has 0 aromatic heterocycles. The van der Waals surface area contributed by atoms with Crippen molar-refractivity contribution in [3.05, 3.63) is 12.7 Å². The van der Waals surface area contributed by atoms with E-state index in [1.165, 1.54) is 32.4 Å². The fourth-order valence-corrected chi connectivity index (χ4v) is 3.18. The Bertz CT molecular complexity index is 202. The SMILES string of the molecule is C=CCN1CC2CCCC2(CN)C1. The highest BCUT2D eigenvalue weighted by Crippen LogP contribution is 2.47. The molecule has 2 unspecified atom stereocenters. The summed E-state index contributed by atoms with van der Waals surface area (Å²) >= 11 is 0. The fourth-order valence-electron chi connectivity index (χ4n) is 3.18. The van der Waals surface area contributed by atoms with Gasteiger partial charge >= 0.3 is 0 Å². The lowest BCUT2D eigenvalue weighted by molar-refractivity contribution is 0.258. The van der Waals surface area contributed by atoms with Crippen LogP contribution in [0.5, 0.6) is 0 Å². The molecule has 1 saturated heterocycles. The Kier molecular flexibility index (Phi) is 2.43. The van der Waals surface area contributed by atoms with Gasteiger partial charge in [-0.05, 0) is 30.7 Å². The molecule has 1 aliphatic carbocycles. The van der Waals surface area contributed by atoms with Gasteiger partial charge in [-0.15, -0.1) is 6.58 Å². The molecular formula is C11H20N2. The highest BCUT2D eigenvalue weighted by atomic mass is 15.2. The molecule has 0 bridgehead atoms. The summed E-state index contributed by atoms with van der Waals surface area (Å²) in [5, 5.41) is 0. The Labute approximate surface area is 80.8 Å². The van der Waals surface area contributed by atoms with Crippen LogP contribution in [-0.2, 0) is 0 Å². The zero-order valence-corrected chi connectivity index (χ0v) is 8.34. The maximum atomic E-state index is 5.92. The van der Waals surface area contributed by atoms with Crippen LogP contribution >= 0.6 is 0 Å². The molecule has 74 valence electrons. The molecule has 2 rings (SSSR count). The number of fused-ring (bicyclic) bond motifs is 1. The summed E-state index contributed by atoms with van der Waals surface area (Å²) in [7, 11) is 0. The first-order chi connectivity index (χ1) is 6.30. The molecule has 1 heterocycles. The van der Waals surface area contributed by atoms with Crippen molar-refractivity contribution in [2.75, 3.05) is 26.2 Å². The first kappa shape index (κ1) is 9.22. The molecule has 0 spiro atoms. The predicted octanol–water partition coefficient (Wildman–Crippen LogP) is 1.23. The second kappa shape index (κ2) is 3.43. The van der Waals surface area contributed by atoms with Gasteiger partial charge in [-0.1, -0.05) is 12.5 Å². The van der Waals surface area contributed by atoms with Crippen molar-refractivity contribution in [2.24, 2.45) is 17.1 Å². The second-order valence-electron chi connectivity index (χ2n) is 4.64. The molecular weight excluding hydrogens is 160 g/mol. The quantitative estimate of drug-likeness (QED) is 0.662. The first-order valence-electron chi connectivity index (χ1n) is 5.34. The molecule has 2 atom stereocenters. The van der Waals surface area contributed by atoms with E-state index in [2.05, 4.69) is 11.5 Å². The number of likely N-dealkylation sites (tertiary alicyclic amines) is 1. The Morgan fingerprint density at radius 2 is 2.46 bits per heavy atom. The van der Waals surface area contributed by atoms with E-state index in [0.29, 0.717) is 5.41 Å². The lowest BCUT2D eigenvalue weighted by atomic mass is 9.81. The third kappa shape index (κ3) is 1.42. The molecule has 0 amide bonds. The number of hydrogen-bond acceptors (Lipinski definition) is 2. The van der Waals surface area contributed by atoms with Gasteiger partial charge in [0.05, 0.1) is 0 Å². The van der Waals surface area contributed by atoms with Crippen molar-refractivity contribution in [2.45, 2.75) is 19.3 Å². The molecule has 0 aromatic rings. The molecule has 1 aliphatic heterocycles. The largest absolute Gasteiger partial charge is 0.330 e. The van der Waals surface area contributed by atoms with Gasteiger partial charge in [-0.3, -0.25) is 4.90 Å². The Morgan fingerprint density at radius 3 is 3.08 bits per heavy atom. The van der Waals surface area contributed by atoms with Gasteiger partial charge in [0.1, 0.15) is 0 Å². The monoisotopic (exact) mass is 180 g/mol. The maximum absolute atomic E-state index is 5.92. The Hall–Kier alpha value is -0.340. The van der Waals surface area contributed by atoms with E-state index in [-0.39, 0.29) is 0 Å². The summed E-state index contributed by atoms with van der Waals surface area (Å²) in [5.41, 5.74) is 6.39. The molecule has 2 fully saturated rings. The summed E-state index contributed by atoms with van der Waals surface area (Å²) in [5.74, 6) is 0.873. The van der Waals surface area contributed by atoms with Crippen LogP contribution in [0.15, 0.2) is 12.7 Å². The summed E-state index contributed by atoms with van der Waals surface area (Å²) in [6.07, 6.45) is 6.14. The van der Waals surface area contributed by atoms with Gasteiger partial charge in [-0.2, -0.15) is 0 Å². The van der Waals surface area contributed by atoms with Crippen molar-refractivity contribution >= 4 is 0 Å². The van der Waals surface area contributed by atoms with Crippen molar-refractivity contribution in [3.8, 4) is 0 Å². The van der Waals surface area contributed by atoms with E-state index in [1.54, 1.807) is 0 Å². The van der Waals surface area contributed by atoms with Crippen LogP contribution < -0.4 is 5.73 Å². The average Bonchev–Trinajstić information content (AvgIpc) is 2.61.